The number of nitrogen functional groups attached to an aromatic ring is 1. The summed E-state index contributed by atoms with van der Waals surface area (Å²) in [4.78, 5) is 23.8. The number of carbonyl (C=O) groups is 2. The van der Waals surface area contributed by atoms with Crippen LogP contribution >= 0.6 is 11.6 Å². The summed E-state index contributed by atoms with van der Waals surface area (Å²) in [6, 6.07) is 4.76. The molecule has 4 nitrogen and oxygen atoms in total. The summed E-state index contributed by atoms with van der Waals surface area (Å²) in [7, 11) is 1.54. The molecule has 2 rings (SSSR count). The van der Waals surface area contributed by atoms with Crippen molar-refractivity contribution in [3.05, 3.63) is 40.1 Å². The highest BCUT2D eigenvalue weighted by Crippen LogP contribution is 2.30. The Morgan fingerprint density at radius 2 is 1.94 bits per heavy atom. The van der Waals surface area contributed by atoms with Crippen LogP contribution in [0.4, 0.5) is 5.69 Å². The molecule has 0 saturated heterocycles. The zero-order valence-corrected chi connectivity index (χ0v) is 9.26. The first-order valence-corrected chi connectivity index (χ1v) is 5.01. The van der Waals surface area contributed by atoms with Gasteiger partial charge in [0.25, 0.3) is 0 Å². The number of ketones is 2. The van der Waals surface area contributed by atoms with E-state index in [1.54, 1.807) is 25.2 Å². The van der Waals surface area contributed by atoms with Crippen LogP contribution in [0, 0.1) is 0 Å². The van der Waals surface area contributed by atoms with Crippen LogP contribution in [0.15, 0.2) is 28.9 Å². The van der Waals surface area contributed by atoms with Crippen molar-refractivity contribution in [1.29, 1.82) is 0 Å². The van der Waals surface area contributed by atoms with Gasteiger partial charge >= 0.3 is 0 Å². The van der Waals surface area contributed by atoms with Crippen molar-refractivity contribution < 1.29 is 9.59 Å². The highest BCUT2D eigenvalue weighted by molar-refractivity contribution is 6.50. The van der Waals surface area contributed by atoms with E-state index in [1.165, 1.54) is 0 Å². The Hall–Kier alpha value is -1.81. The third-order valence-corrected chi connectivity index (χ3v) is 2.82. The minimum Gasteiger partial charge on any atom is -0.398 e. The monoisotopic (exact) mass is 236 g/mol. The molecule has 0 radical (unpaired) electrons. The van der Waals surface area contributed by atoms with Crippen LogP contribution in [0.25, 0.3) is 0 Å². The molecule has 0 aromatic heterocycles. The lowest BCUT2D eigenvalue weighted by atomic mass is 9.91. The van der Waals surface area contributed by atoms with Crippen molar-refractivity contribution >= 4 is 28.9 Å². The average molecular weight is 237 g/mol. The normalized spacial score (nSPS) is 15.1. The molecule has 0 heterocycles. The van der Waals surface area contributed by atoms with Gasteiger partial charge in [0.05, 0.1) is 5.56 Å². The first-order chi connectivity index (χ1) is 7.57. The second-order valence-corrected chi connectivity index (χ2v) is 3.74. The first kappa shape index (κ1) is 10.7. The number of halogens is 1. The Balaban J connectivity index is 2.74. The first-order valence-electron chi connectivity index (χ1n) is 4.63. The van der Waals surface area contributed by atoms with Gasteiger partial charge in [0.15, 0.2) is 0 Å². The highest BCUT2D eigenvalue weighted by atomic mass is 35.5. The Bertz CT molecular complexity index is 535. The van der Waals surface area contributed by atoms with Gasteiger partial charge in [-0.15, -0.1) is 0 Å². The molecule has 0 spiro atoms. The Kier molecular flexibility index (Phi) is 2.44. The lowest BCUT2D eigenvalue weighted by Crippen LogP contribution is -2.27. The van der Waals surface area contributed by atoms with Gasteiger partial charge in [-0.2, -0.15) is 0 Å². The summed E-state index contributed by atoms with van der Waals surface area (Å²) in [5.74, 6) is -0.729. The van der Waals surface area contributed by atoms with Gasteiger partial charge in [0, 0.05) is 18.3 Å². The third-order valence-electron chi connectivity index (χ3n) is 2.46. The number of anilines is 1. The van der Waals surface area contributed by atoms with E-state index < -0.39 is 5.78 Å². The van der Waals surface area contributed by atoms with Gasteiger partial charge in [-0.25, -0.2) is 0 Å². The zero-order chi connectivity index (χ0) is 11.9. The van der Waals surface area contributed by atoms with Crippen molar-refractivity contribution in [1.82, 2.24) is 5.32 Å². The van der Waals surface area contributed by atoms with Crippen molar-refractivity contribution in [2.45, 2.75) is 0 Å². The van der Waals surface area contributed by atoms with Crippen LogP contribution in [0.1, 0.15) is 20.7 Å². The Morgan fingerprint density at radius 1 is 1.25 bits per heavy atom. The number of allylic oxidation sites excluding steroid dienone is 2. The number of likely N-dealkylation sites (N-methyl/N-ethyl adjacent to an activating group) is 1. The molecule has 0 bridgehead atoms. The topological polar surface area (TPSA) is 72.2 Å². The van der Waals surface area contributed by atoms with E-state index in [4.69, 9.17) is 17.3 Å². The van der Waals surface area contributed by atoms with Gasteiger partial charge in [-0.3, -0.25) is 9.59 Å². The fourth-order valence-electron chi connectivity index (χ4n) is 1.69. The molecule has 1 aliphatic rings. The number of nitrogens with two attached hydrogens (primary N) is 1. The third kappa shape index (κ3) is 1.31. The lowest BCUT2D eigenvalue weighted by molar-refractivity contribution is 0.0976. The summed E-state index contributed by atoms with van der Waals surface area (Å²) < 4.78 is 0. The minimum absolute atomic E-state index is 0.113. The molecule has 0 atom stereocenters. The van der Waals surface area contributed by atoms with Crippen molar-refractivity contribution in [3.8, 4) is 0 Å². The van der Waals surface area contributed by atoms with Gasteiger partial charge in [-0.1, -0.05) is 23.7 Å². The number of Topliss-reactive ketones (excluding diaryl/α,β-unsaturated/α-hetero) is 2. The summed E-state index contributed by atoms with van der Waals surface area (Å²) in [5, 5.41) is 2.52. The van der Waals surface area contributed by atoms with Gasteiger partial charge in [-0.05, 0) is 6.07 Å². The number of hydrogen-bond acceptors (Lipinski definition) is 4. The molecule has 3 N–H and O–H groups in total. The van der Waals surface area contributed by atoms with E-state index in [-0.39, 0.29) is 27.8 Å². The van der Waals surface area contributed by atoms with Gasteiger partial charge in [0.2, 0.25) is 11.6 Å². The summed E-state index contributed by atoms with van der Waals surface area (Å²) >= 11 is 5.82. The molecule has 5 heteroatoms. The van der Waals surface area contributed by atoms with Crippen LogP contribution in [-0.4, -0.2) is 18.6 Å². The standard InChI is InChI=1S/C11H9ClN2O2/c1-14-9-8(12)11(16)7-5(10(9)15)3-2-4-6(7)13/h2-4,14H,13H2,1H3. The summed E-state index contributed by atoms with van der Waals surface area (Å²) in [6.45, 7) is 0. The predicted octanol–water partition coefficient (Wildman–Crippen LogP) is 1.32. The van der Waals surface area contributed by atoms with Crippen LogP contribution in [0.3, 0.4) is 0 Å². The number of fused-ring (bicyclic) bond motifs is 1. The van der Waals surface area contributed by atoms with Crippen molar-refractivity contribution in [2.24, 2.45) is 0 Å². The van der Waals surface area contributed by atoms with E-state index in [2.05, 4.69) is 5.32 Å². The highest BCUT2D eigenvalue weighted by Gasteiger charge is 2.32. The lowest BCUT2D eigenvalue weighted by Gasteiger charge is -2.18. The van der Waals surface area contributed by atoms with Crippen molar-refractivity contribution in [3.63, 3.8) is 0 Å². The molecular weight excluding hydrogens is 228 g/mol. The maximum absolute atomic E-state index is 11.9. The predicted molar refractivity (Wildman–Crippen MR) is 61.5 cm³/mol. The Labute approximate surface area is 97.1 Å². The molecule has 0 fully saturated rings. The van der Waals surface area contributed by atoms with E-state index in [1.807, 2.05) is 0 Å². The Morgan fingerprint density at radius 3 is 2.56 bits per heavy atom. The number of nitrogens with one attached hydrogen (secondary N) is 1. The molecular formula is C11H9ClN2O2. The number of benzene rings is 1. The largest absolute Gasteiger partial charge is 0.398 e. The number of rotatable bonds is 1. The number of hydrogen-bond donors (Lipinski definition) is 2. The SMILES string of the molecule is CNC1=C(Cl)C(=O)c2c(N)cccc2C1=O. The summed E-state index contributed by atoms with van der Waals surface area (Å²) in [6.07, 6.45) is 0. The molecule has 82 valence electrons. The molecule has 0 saturated carbocycles. The van der Waals surface area contributed by atoms with E-state index in [0.717, 1.165) is 0 Å². The van der Waals surface area contributed by atoms with E-state index in [9.17, 15) is 9.59 Å². The van der Waals surface area contributed by atoms with Crippen LogP contribution in [0.2, 0.25) is 0 Å². The molecule has 16 heavy (non-hydrogen) atoms. The molecule has 1 aromatic rings. The molecule has 0 amide bonds. The zero-order valence-electron chi connectivity index (χ0n) is 8.50. The van der Waals surface area contributed by atoms with Gasteiger partial charge < -0.3 is 11.1 Å². The molecule has 0 aliphatic heterocycles. The quantitative estimate of drug-likeness (QED) is 0.722. The van der Waals surface area contributed by atoms with E-state index in [0.29, 0.717) is 5.56 Å². The summed E-state index contributed by atoms with van der Waals surface area (Å²) in [5.41, 5.74) is 6.53. The second-order valence-electron chi connectivity index (χ2n) is 3.37. The molecule has 0 unspecified atom stereocenters. The maximum atomic E-state index is 11.9. The number of carbonyl (C=O) groups excluding carboxylic acids is 2. The maximum Gasteiger partial charge on any atom is 0.211 e. The van der Waals surface area contributed by atoms with Crippen LogP contribution in [-0.2, 0) is 0 Å². The van der Waals surface area contributed by atoms with Crippen molar-refractivity contribution in [2.75, 3.05) is 12.8 Å². The smallest absolute Gasteiger partial charge is 0.211 e. The molecule has 1 aromatic carbocycles. The fourth-order valence-corrected chi connectivity index (χ4v) is 1.97. The fraction of sp³-hybridized carbons (Fsp3) is 0.0909. The molecule has 1 aliphatic carbocycles. The van der Waals surface area contributed by atoms with Crippen LogP contribution in [0.5, 0.6) is 0 Å². The van der Waals surface area contributed by atoms with Gasteiger partial charge in [0.1, 0.15) is 10.7 Å². The second kappa shape index (κ2) is 3.64. The average Bonchev–Trinajstić information content (AvgIpc) is 2.27. The van der Waals surface area contributed by atoms with Crippen LogP contribution < -0.4 is 11.1 Å². The minimum atomic E-state index is -0.418. The van der Waals surface area contributed by atoms with E-state index >= 15 is 0 Å².